The Balaban J connectivity index is 3.13. The van der Waals surface area contributed by atoms with Crippen LogP contribution in [0.3, 0.4) is 0 Å². The first-order chi connectivity index (χ1) is 10.1. The van der Waals surface area contributed by atoms with E-state index in [2.05, 4.69) is 21.2 Å². The third-order valence-corrected chi connectivity index (χ3v) is 4.21. The summed E-state index contributed by atoms with van der Waals surface area (Å²) in [5.74, 6) is -0.455. The Labute approximate surface area is 139 Å². The number of hydrogen-bond acceptors (Lipinski definition) is 3. The minimum atomic E-state index is -0.557. The zero-order valence-electron chi connectivity index (χ0n) is 12.6. The van der Waals surface area contributed by atoms with Crippen LogP contribution in [0.2, 0.25) is 5.02 Å². The summed E-state index contributed by atoms with van der Waals surface area (Å²) in [5, 5.41) is 3.35. The van der Waals surface area contributed by atoms with Crippen molar-refractivity contribution >= 4 is 27.5 Å². The van der Waals surface area contributed by atoms with Crippen molar-refractivity contribution in [1.29, 1.82) is 0 Å². The highest BCUT2D eigenvalue weighted by molar-refractivity contribution is 9.10. The van der Waals surface area contributed by atoms with E-state index in [1.54, 1.807) is 12.1 Å². The van der Waals surface area contributed by atoms with Crippen LogP contribution in [0.5, 0.6) is 0 Å². The molecule has 6 heteroatoms. The molecule has 0 aliphatic rings. The second kappa shape index (κ2) is 9.74. The maximum atomic E-state index is 14.5. The van der Waals surface area contributed by atoms with Gasteiger partial charge in [0.1, 0.15) is 5.82 Å². The highest BCUT2D eigenvalue weighted by Crippen LogP contribution is 2.32. The Morgan fingerprint density at radius 2 is 1.86 bits per heavy atom. The summed E-state index contributed by atoms with van der Waals surface area (Å²) >= 11 is 9.21. The molecule has 0 aliphatic carbocycles. The van der Waals surface area contributed by atoms with Gasteiger partial charge < -0.3 is 14.8 Å². The normalized spacial score (nSPS) is 12.9. The average Bonchev–Trinajstić information content (AvgIpc) is 2.47. The van der Waals surface area contributed by atoms with Crippen LogP contribution < -0.4 is 5.32 Å². The number of ether oxygens (including phenoxy) is 2. The first-order valence-corrected chi connectivity index (χ1v) is 8.33. The molecule has 1 unspecified atom stereocenters. The van der Waals surface area contributed by atoms with Gasteiger partial charge in [-0.05, 0) is 48.8 Å². The fraction of sp³-hybridized carbons (Fsp3) is 0.600. The van der Waals surface area contributed by atoms with Gasteiger partial charge in [0.15, 0.2) is 6.29 Å². The lowest BCUT2D eigenvalue weighted by molar-refractivity contribution is -0.155. The molecular formula is C15H22BrClFNO2. The molecule has 0 saturated heterocycles. The highest BCUT2D eigenvalue weighted by atomic mass is 79.9. The van der Waals surface area contributed by atoms with E-state index < -0.39 is 18.1 Å². The lowest BCUT2D eigenvalue weighted by Gasteiger charge is -2.28. The van der Waals surface area contributed by atoms with Crippen LogP contribution in [0, 0.1) is 5.82 Å². The summed E-state index contributed by atoms with van der Waals surface area (Å²) in [4.78, 5) is 0. The molecule has 0 aromatic heterocycles. The molecule has 0 spiro atoms. The van der Waals surface area contributed by atoms with Gasteiger partial charge >= 0.3 is 0 Å². The fourth-order valence-electron chi connectivity index (χ4n) is 2.00. The SMILES string of the molecule is CCCNC(c1ccc(Br)c(Cl)c1F)C(OCC)OCC. The first-order valence-electron chi connectivity index (χ1n) is 7.16. The van der Waals surface area contributed by atoms with Gasteiger partial charge in [-0.15, -0.1) is 0 Å². The van der Waals surface area contributed by atoms with Crippen molar-refractivity contribution in [1.82, 2.24) is 5.32 Å². The van der Waals surface area contributed by atoms with Crippen LogP contribution in [0.4, 0.5) is 4.39 Å². The van der Waals surface area contributed by atoms with Crippen molar-refractivity contribution in [3.05, 3.63) is 33.0 Å². The summed E-state index contributed by atoms with van der Waals surface area (Å²) in [6, 6.07) is 3.02. The molecule has 0 amide bonds. The Bertz CT molecular complexity index is 442. The second-order valence-corrected chi connectivity index (χ2v) is 5.71. The van der Waals surface area contributed by atoms with E-state index in [-0.39, 0.29) is 5.02 Å². The quantitative estimate of drug-likeness (QED) is 0.497. The summed E-state index contributed by atoms with van der Waals surface area (Å²) in [6.45, 7) is 7.52. The molecule has 0 aliphatic heterocycles. The lowest BCUT2D eigenvalue weighted by atomic mass is 10.1. The molecule has 0 bridgehead atoms. The van der Waals surface area contributed by atoms with Crippen molar-refractivity contribution in [3.63, 3.8) is 0 Å². The van der Waals surface area contributed by atoms with E-state index >= 15 is 0 Å². The molecule has 120 valence electrons. The largest absolute Gasteiger partial charge is 0.351 e. The fourth-order valence-corrected chi connectivity index (χ4v) is 2.48. The van der Waals surface area contributed by atoms with Gasteiger partial charge in [-0.25, -0.2) is 4.39 Å². The number of hydrogen-bond donors (Lipinski definition) is 1. The number of rotatable bonds is 9. The lowest BCUT2D eigenvalue weighted by Crippen LogP contribution is -2.37. The van der Waals surface area contributed by atoms with Crippen molar-refractivity contribution in [2.24, 2.45) is 0 Å². The molecule has 21 heavy (non-hydrogen) atoms. The van der Waals surface area contributed by atoms with E-state index in [0.717, 1.165) is 13.0 Å². The molecule has 3 nitrogen and oxygen atoms in total. The summed E-state index contributed by atoms with van der Waals surface area (Å²) in [6.07, 6.45) is 0.367. The zero-order valence-corrected chi connectivity index (χ0v) is 14.9. The smallest absolute Gasteiger partial charge is 0.176 e. The minimum absolute atomic E-state index is 0.0718. The van der Waals surface area contributed by atoms with E-state index in [4.69, 9.17) is 21.1 Å². The number of benzene rings is 1. The molecule has 1 N–H and O–H groups in total. The first kappa shape index (κ1) is 18.8. The van der Waals surface area contributed by atoms with Crippen molar-refractivity contribution in [3.8, 4) is 0 Å². The molecule has 0 fully saturated rings. The summed E-state index contributed by atoms with van der Waals surface area (Å²) in [7, 11) is 0. The monoisotopic (exact) mass is 381 g/mol. The molecule has 1 aromatic rings. The van der Waals surface area contributed by atoms with Gasteiger partial charge in [0.25, 0.3) is 0 Å². The predicted octanol–water partition coefficient (Wildman–Crippen LogP) is 4.68. The third kappa shape index (κ3) is 5.18. The van der Waals surface area contributed by atoms with Crippen LogP contribution in [0.25, 0.3) is 0 Å². The maximum Gasteiger partial charge on any atom is 0.176 e. The van der Waals surface area contributed by atoms with Crippen molar-refractivity contribution in [2.75, 3.05) is 19.8 Å². The molecule has 0 saturated carbocycles. The van der Waals surface area contributed by atoms with Crippen LogP contribution in [0.15, 0.2) is 16.6 Å². The van der Waals surface area contributed by atoms with Gasteiger partial charge in [-0.2, -0.15) is 0 Å². The Morgan fingerprint density at radius 1 is 1.24 bits per heavy atom. The Morgan fingerprint density at radius 3 is 2.38 bits per heavy atom. The summed E-state index contributed by atoms with van der Waals surface area (Å²) in [5.41, 5.74) is 0.448. The predicted molar refractivity (Wildman–Crippen MR) is 87.2 cm³/mol. The van der Waals surface area contributed by atoms with Gasteiger partial charge in [-0.3, -0.25) is 0 Å². The van der Waals surface area contributed by atoms with E-state index in [0.29, 0.717) is 23.2 Å². The number of halogens is 3. The third-order valence-electron chi connectivity index (χ3n) is 2.95. The Hall–Kier alpha value is -0.200. The van der Waals surface area contributed by atoms with Crippen LogP contribution in [-0.4, -0.2) is 26.0 Å². The van der Waals surface area contributed by atoms with Crippen molar-refractivity contribution < 1.29 is 13.9 Å². The molecule has 1 aromatic carbocycles. The molecule has 1 atom stereocenters. The van der Waals surface area contributed by atoms with Gasteiger partial charge in [-0.1, -0.05) is 24.6 Å². The van der Waals surface area contributed by atoms with Gasteiger partial charge in [0.05, 0.1) is 11.1 Å². The molecule has 0 radical (unpaired) electrons. The van der Waals surface area contributed by atoms with Gasteiger partial charge in [0.2, 0.25) is 0 Å². The maximum absolute atomic E-state index is 14.5. The topological polar surface area (TPSA) is 30.5 Å². The Kier molecular flexibility index (Phi) is 8.74. The highest BCUT2D eigenvalue weighted by Gasteiger charge is 2.27. The zero-order chi connectivity index (χ0) is 15.8. The summed E-state index contributed by atoms with van der Waals surface area (Å²) < 4.78 is 26.2. The van der Waals surface area contributed by atoms with Crippen LogP contribution >= 0.6 is 27.5 Å². The van der Waals surface area contributed by atoms with E-state index in [9.17, 15) is 4.39 Å². The minimum Gasteiger partial charge on any atom is -0.351 e. The second-order valence-electron chi connectivity index (χ2n) is 4.48. The molecule has 0 heterocycles. The molecule has 1 rings (SSSR count). The average molecular weight is 383 g/mol. The van der Waals surface area contributed by atoms with E-state index in [1.807, 2.05) is 20.8 Å². The molecular weight excluding hydrogens is 361 g/mol. The van der Waals surface area contributed by atoms with Crippen LogP contribution in [0.1, 0.15) is 38.8 Å². The van der Waals surface area contributed by atoms with Crippen molar-refractivity contribution in [2.45, 2.75) is 39.5 Å². The van der Waals surface area contributed by atoms with Gasteiger partial charge in [0, 0.05) is 23.2 Å². The van der Waals surface area contributed by atoms with E-state index in [1.165, 1.54) is 0 Å². The van der Waals surface area contributed by atoms with Crippen LogP contribution in [-0.2, 0) is 9.47 Å². The number of nitrogens with one attached hydrogen (secondary N) is 1. The standard InChI is InChI=1S/C15H22BrClFNO2/c1-4-9-19-14(15(20-5-2)21-6-3)10-7-8-11(16)12(17)13(10)18/h7-8,14-15,19H,4-6,9H2,1-3H3.